The van der Waals surface area contributed by atoms with E-state index in [4.69, 9.17) is 20.4 Å². The Morgan fingerprint density at radius 1 is 1.12 bits per heavy atom. The number of aliphatic hydroxyl groups excluding tert-OH is 4. The highest BCUT2D eigenvalue weighted by Crippen LogP contribution is 2.05. The minimum Gasteiger partial charge on any atom is -0.391 e. The first-order valence-electron chi connectivity index (χ1n) is 4.21. The van der Waals surface area contributed by atoms with Gasteiger partial charge in [-0.05, 0) is 0 Å². The van der Waals surface area contributed by atoms with Crippen LogP contribution in [0.3, 0.4) is 0 Å². The number of esters is 2. The summed E-state index contributed by atoms with van der Waals surface area (Å²) in [7, 11) is 0. The van der Waals surface area contributed by atoms with E-state index in [2.05, 4.69) is 4.74 Å². The summed E-state index contributed by atoms with van der Waals surface area (Å²) in [6.45, 7) is 0.897. The van der Waals surface area contributed by atoms with Gasteiger partial charge in [-0.15, -0.1) is 0 Å². The first-order chi connectivity index (χ1) is 7.31. The molecule has 0 aliphatic carbocycles. The minimum absolute atomic E-state index is 0.0864. The summed E-state index contributed by atoms with van der Waals surface area (Å²) < 4.78 is 3.93. The molecule has 0 fully saturated rings. The lowest BCUT2D eigenvalue weighted by Crippen LogP contribution is -2.48. The van der Waals surface area contributed by atoms with Gasteiger partial charge in [0.25, 0.3) is 0 Å². The Hall–Kier alpha value is -1.35. The van der Waals surface area contributed by atoms with E-state index < -0.39 is 36.4 Å². The maximum atomic E-state index is 10.9. The zero-order chi connectivity index (χ0) is 12.9. The molecular weight excluding hydrogens is 224 g/mol. The number of carbonyl (C=O) groups is 3. The fraction of sp³-hybridized carbons (Fsp3) is 0.625. The van der Waals surface area contributed by atoms with Crippen LogP contribution >= 0.6 is 0 Å². The topological polar surface area (TPSA) is 141 Å². The second-order valence-corrected chi connectivity index (χ2v) is 2.97. The van der Waals surface area contributed by atoms with Crippen molar-refractivity contribution in [2.45, 2.75) is 31.3 Å². The van der Waals surface area contributed by atoms with E-state index in [0.29, 0.717) is 0 Å². The van der Waals surface area contributed by atoms with Crippen molar-refractivity contribution in [3.8, 4) is 0 Å². The van der Waals surface area contributed by atoms with Gasteiger partial charge in [-0.3, -0.25) is 4.79 Å². The molecule has 0 aliphatic rings. The van der Waals surface area contributed by atoms with Gasteiger partial charge >= 0.3 is 11.9 Å². The van der Waals surface area contributed by atoms with Crippen molar-refractivity contribution >= 4 is 18.2 Å². The van der Waals surface area contributed by atoms with Gasteiger partial charge in [0, 0.05) is 6.92 Å². The maximum absolute atomic E-state index is 10.9. The van der Waals surface area contributed by atoms with E-state index in [1.165, 1.54) is 0 Å². The number of rotatable bonds is 5. The van der Waals surface area contributed by atoms with Gasteiger partial charge in [-0.2, -0.15) is 0 Å². The van der Waals surface area contributed by atoms with Crippen molar-refractivity contribution in [1.29, 1.82) is 0 Å². The normalized spacial score (nSPS) is 18.1. The van der Waals surface area contributed by atoms with Gasteiger partial charge in [0.05, 0.1) is 0 Å². The summed E-state index contributed by atoms with van der Waals surface area (Å²) in [5.41, 5.74) is 0. The molecular formula is C8H12O8. The first kappa shape index (κ1) is 14.6. The SMILES string of the molecule is CC(=O)OC(=O)[C@@H](O)[C@@H](O)[C@H](O)[C@@H](O)C=O. The third-order valence-electron chi connectivity index (χ3n) is 1.65. The lowest BCUT2D eigenvalue weighted by Gasteiger charge is -2.22. The van der Waals surface area contributed by atoms with Crippen LogP contribution in [0.1, 0.15) is 6.92 Å². The molecule has 8 nitrogen and oxygen atoms in total. The molecule has 0 aromatic carbocycles. The highest BCUT2D eigenvalue weighted by atomic mass is 16.6. The van der Waals surface area contributed by atoms with Gasteiger partial charge in [-0.1, -0.05) is 0 Å². The Morgan fingerprint density at radius 2 is 1.62 bits per heavy atom. The highest BCUT2D eigenvalue weighted by Gasteiger charge is 2.35. The standard InChI is InChI=1S/C8H12O8/c1-3(10)16-8(15)7(14)6(13)5(12)4(11)2-9/h2,4-7,11-14H,1H3/t4-,5+,6-,7-/m0/s1. The Morgan fingerprint density at radius 3 is 2.00 bits per heavy atom. The Bertz CT molecular complexity index is 275. The number of ether oxygens (including phenoxy) is 1. The smallest absolute Gasteiger partial charge is 0.345 e. The van der Waals surface area contributed by atoms with Gasteiger partial charge in [0.2, 0.25) is 0 Å². The molecule has 0 aromatic rings. The van der Waals surface area contributed by atoms with Gasteiger partial charge in [0.1, 0.15) is 18.3 Å². The van der Waals surface area contributed by atoms with Crippen molar-refractivity contribution in [3.63, 3.8) is 0 Å². The second-order valence-electron chi connectivity index (χ2n) is 2.97. The van der Waals surface area contributed by atoms with Crippen LogP contribution in [0.5, 0.6) is 0 Å². The van der Waals surface area contributed by atoms with E-state index in [1.807, 2.05) is 0 Å². The lowest BCUT2D eigenvalue weighted by atomic mass is 10.0. The van der Waals surface area contributed by atoms with Gasteiger partial charge in [-0.25, -0.2) is 4.79 Å². The molecule has 0 aliphatic heterocycles. The average molecular weight is 236 g/mol. The summed E-state index contributed by atoms with van der Waals surface area (Å²) in [6, 6.07) is 0. The molecule has 0 radical (unpaired) electrons. The van der Waals surface area contributed by atoms with Crippen molar-refractivity contribution < 1.29 is 39.5 Å². The number of hydrogen-bond donors (Lipinski definition) is 4. The molecule has 92 valence electrons. The lowest BCUT2D eigenvalue weighted by molar-refractivity contribution is -0.175. The predicted octanol–water partition coefficient (Wildman–Crippen LogP) is -3.28. The van der Waals surface area contributed by atoms with Crippen LogP contribution in [0.2, 0.25) is 0 Å². The molecule has 0 spiro atoms. The highest BCUT2D eigenvalue weighted by molar-refractivity contribution is 5.87. The molecule has 0 aromatic heterocycles. The van der Waals surface area contributed by atoms with Crippen LogP contribution in [0.25, 0.3) is 0 Å². The molecule has 0 bridgehead atoms. The van der Waals surface area contributed by atoms with Crippen LogP contribution < -0.4 is 0 Å². The molecule has 0 saturated heterocycles. The molecule has 0 saturated carbocycles. The molecule has 0 rings (SSSR count). The van der Waals surface area contributed by atoms with E-state index in [9.17, 15) is 14.4 Å². The summed E-state index contributed by atoms with van der Waals surface area (Å²) >= 11 is 0. The van der Waals surface area contributed by atoms with Crippen LogP contribution in [-0.4, -0.2) is 63.1 Å². The number of aliphatic hydroxyl groups is 4. The number of hydrogen-bond acceptors (Lipinski definition) is 8. The first-order valence-corrected chi connectivity index (χ1v) is 4.21. The van der Waals surface area contributed by atoms with Gasteiger partial charge in [0.15, 0.2) is 12.4 Å². The molecule has 16 heavy (non-hydrogen) atoms. The Balaban J connectivity index is 4.47. The molecule has 0 unspecified atom stereocenters. The average Bonchev–Trinajstić information content (AvgIpc) is 2.23. The third-order valence-corrected chi connectivity index (χ3v) is 1.65. The van der Waals surface area contributed by atoms with E-state index in [-0.39, 0.29) is 6.29 Å². The fourth-order valence-corrected chi connectivity index (χ4v) is 0.811. The van der Waals surface area contributed by atoms with Crippen LogP contribution in [0, 0.1) is 0 Å². The van der Waals surface area contributed by atoms with E-state index in [1.54, 1.807) is 0 Å². The van der Waals surface area contributed by atoms with Crippen LogP contribution in [-0.2, 0) is 19.1 Å². The fourth-order valence-electron chi connectivity index (χ4n) is 0.811. The van der Waals surface area contributed by atoms with Crippen molar-refractivity contribution in [2.24, 2.45) is 0 Å². The van der Waals surface area contributed by atoms with Crippen molar-refractivity contribution in [2.75, 3.05) is 0 Å². The van der Waals surface area contributed by atoms with Gasteiger partial charge < -0.3 is 30.0 Å². The van der Waals surface area contributed by atoms with Crippen LogP contribution in [0.15, 0.2) is 0 Å². The van der Waals surface area contributed by atoms with E-state index in [0.717, 1.165) is 6.92 Å². The molecule has 4 atom stereocenters. The van der Waals surface area contributed by atoms with Crippen molar-refractivity contribution in [3.05, 3.63) is 0 Å². The molecule has 4 N–H and O–H groups in total. The van der Waals surface area contributed by atoms with Crippen molar-refractivity contribution in [1.82, 2.24) is 0 Å². The summed E-state index contributed by atoms with van der Waals surface area (Å²) in [4.78, 5) is 31.3. The number of carbonyl (C=O) groups excluding carboxylic acids is 3. The molecule has 8 heteroatoms. The predicted molar refractivity (Wildman–Crippen MR) is 46.9 cm³/mol. The largest absolute Gasteiger partial charge is 0.391 e. The minimum atomic E-state index is -2.24. The summed E-state index contributed by atoms with van der Waals surface area (Å²) in [5.74, 6) is -2.50. The third kappa shape index (κ3) is 4.03. The summed E-state index contributed by atoms with van der Waals surface area (Å²) in [5, 5.41) is 36.1. The molecule has 0 amide bonds. The maximum Gasteiger partial charge on any atom is 0.345 e. The number of aldehydes is 1. The quantitative estimate of drug-likeness (QED) is 0.221. The molecule has 0 heterocycles. The monoisotopic (exact) mass is 236 g/mol. The zero-order valence-electron chi connectivity index (χ0n) is 8.31. The Kier molecular flexibility index (Phi) is 5.75. The second kappa shape index (κ2) is 6.28. The Labute approximate surface area is 90.1 Å². The van der Waals surface area contributed by atoms with Crippen LogP contribution in [0.4, 0.5) is 0 Å². The zero-order valence-corrected chi connectivity index (χ0v) is 8.31. The van der Waals surface area contributed by atoms with E-state index >= 15 is 0 Å². The summed E-state index contributed by atoms with van der Waals surface area (Å²) in [6.07, 6.45) is -8.50.